The minimum atomic E-state index is -4.88. The Morgan fingerprint density at radius 2 is 1.91 bits per heavy atom. The number of hydrogen-bond acceptors (Lipinski definition) is 5. The van der Waals surface area contributed by atoms with Crippen molar-refractivity contribution in [2.75, 3.05) is 38.2 Å². The molecule has 0 spiro atoms. The molecule has 6 nitrogen and oxygen atoms in total. The summed E-state index contributed by atoms with van der Waals surface area (Å²) in [4.78, 5) is 23.2. The lowest BCUT2D eigenvalue weighted by Crippen LogP contribution is -2.48. The molecule has 2 heterocycles. The Labute approximate surface area is 197 Å². The van der Waals surface area contributed by atoms with Crippen LogP contribution in [0.15, 0.2) is 43.2 Å². The van der Waals surface area contributed by atoms with Gasteiger partial charge in [-0.05, 0) is 24.3 Å². The van der Waals surface area contributed by atoms with Crippen LogP contribution in [0, 0.1) is 5.82 Å². The SMILES string of the molecule is C=CC(=O)N1CCN(c2ncnc3cc(-c4c(F)cccc4OC)c(Cl)c(C(F)(F)F)c23)CC1. The molecule has 0 atom stereocenters. The molecule has 1 aromatic heterocycles. The number of nitrogens with zero attached hydrogens (tertiary/aromatic N) is 4. The van der Waals surface area contributed by atoms with Gasteiger partial charge in [-0.15, -0.1) is 0 Å². The van der Waals surface area contributed by atoms with E-state index in [2.05, 4.69) is 16.5 Å². The van der Waals surface area contributed by atoms with E-state index in [9.17, 15) is 22.4 Å². The number of rotatable bonds is 4. The van der Waals surface area contributed by atoms with Crippen LogP contribution in [0.25, 0.3) is 22.0 Å². The summed E-state index contributed by atoms with van der Waals surface area (Å²) in [5, 5.41) is -0.970. The average Bonchev–Trinajstić information content (AvgIpc) is 2.82. The quantitative estimate of drug-likeness (QED) is 0.379. The van der Waals surface area contributed by atoms with E-state index in [1.807, 2.05) is 0 Å². The van der Waals surface area contributed by atoms with Crippen LogP contribution in [-0.2, 0) is 11.0 Å². The summed E-state index contributed by atoms with van der Waals surface area (Å²) in [6.07, 6.45) is -2.55. The zero-order chi connectivity index (χ0) is 24.6. The van der Waals surface area contributed by atoms with Gasteiger partial charge in [0.2, 0.25) is 5.91 Å². The third kappa shape index (κ3) is 4.13. The van der Waals surface area contributed by atoms with Crippen molar-refractivity contribution in [2.45, 2.75) is 6.18 Å². The molecule has 2 aromatic carbocycles. The van der Waals surface area contributed by atoms with Gasteiger partial charge in [-0.25, -0.2) is 14.4 Å². The Kier molecular flexibility index (Phi) is 6.35. The smallest absolute Gasteiger partial charge is 0.418 e. The van der Waals surface area contributed by atoms with Crippen LogP contribution < -0.4 is 9.64 Å². The molecule has 0 bridgehead atoms. The van der Waals surface area contributed by atoms with Crippen LogP contribution in [0.3, 0.4) is 0 Å². The van der Waals surface area contributed by atoms with Crippen molar-refractivity contribution in [1.29, 1.82) is 0 Å². The number of piperazine rings is 1. The topological polar surface area (TPSA) is 58.6 Å². The normalized spacial score (nSPS) is 14.4. The monoisotopic (exact) mass is 494 g/mol. The first kappa shape index (κ1) is 23.7. The van der Waals surface area contributed by atoms with Crippen molar-refractivity contribution in [2.24, 2.45) is 0 Å². The molecule has 3 aromatic rings. The summed E-state index contributed by atoms with van der Waals surface area (Å²) in [7, 11) is 1.29. The van der Waals surface area contributed by atoms with Crippen molar-refractivity contribution in [3.63, 3.8) is 0 Å². The molecule has 0 N–H and O–H groups in total. The Hall–Kier alpha value is -3.40. The minimum Gasteiger partial charge on any atom is -0.496 e. The molecule has 1 amide bonds. The van der Waals surface area contributed by atoms with E-state index in [0.29, 0.717) is 0 Å². The van der Waals surface area contributed by atoms with Crippen molar-refractivity contribution >= 4 is 34.2 Å². The van der Waals surface area contributed by atoms with E-state index in [4.69, 9.17) is 16.3 Å². The van der Waals surface area contributed by atoms with E-state index >= 15 is 0 Å². The maximum Gasteiger partial charge on any atom is 0.418 e. The summed E-state index contributed by atoms with van der Waals surface area (Å²) in [6.45, 7) is 4.54. The number of carbonyl (C=O) groups is 1. The lowest BCUT2D eigenvalue weighted by Gasteiger charge is -2.35. The first-order chi connectivity index (χ1) is 16.2. The molecule has 1 aliphatic heterocycles. The van der Waals surface area contributed by atoms with E-state index in [1.54, 1.807) is 9.80 Å². The number of amides is 1. The minimum absolute atomic E-state index is 0.0339. The zero-order valence-corrected chi connectivity index (χ0v) is 18.8. The number of methoxy groups -OCH3 is 1. The Morgan fingerprint density at radius 1 is 1.21 bits per heavy atom. The zero-order valence-electron chi connectivity index (χ0n) is 18.0. The van der Waals surface area contributed by atoms with Crippen LogP contribution in [0.1, 0.15) is 5.56 Å². The Balaban J connectivity index is 1.92. The van der Waals surface area contributed by atoms with Gasteiger partial charge in [0.15, 0.2) is 0 Å². The van der Waals surface area contributed by atoms with Gasteiger partial charge < -0.3 is 14.5 Å². The number of benzene rings is 2. The molecule has 4 rings (SSSR count). The van der Waals surface area contributed by atoms with Gasteiger partial charge in [-0.2, -0.15) is 13.2 Å². The van der Waals surface area contributed by atoms with Gasteiger partial charge in [0.1, 0.15) is 23.7 Å². The van der Waals surface area contributed by atoms with Crippen LogP contribution >= 0.6 is 11.6 Å². The van der Waals surface area contributed by atoms with Gasteiger partial charge in [0, 0.05) is 31.7 Å². The third-order valence-corrected chi connectivity index (χ3v) is 6.05. The maximum atomic E-state index is 14.7. The number of hydrogen-bond donors (Lipinski definition) is 0. The third-order valence-electron chi connectivity index (χ3n) is 5.66. The molecular formula is C23H19ClF4N4O2. The molecular weight excluding hydrogens is 476 g/mol. The molecule has 0 saturated carbocycles. The average molecular weight is 495 g/mol. The largest absolute Gasteiger partial charge is 0.496 e. The highest BCUT2D eigenvalue weighted by Gasteiger charge is 2.39. The fraction of sp³-hybridized carbons (Fsp3) is 0.261. The summed E-state index contributed by atoms with van der Waals surface area (Å²) in [5.41, 5.74) is -1.60. The highest BCUT2D eigenvalue weighted by Crippen LogP contribution is 2.48. The number of aromatic nitrogens is 2. The fourth-order valence-corrected chi connectivity index (χ4v) is 4.43. The number of halogens is 5. The van der Waals surface area contributed by atoms with Crippen LogP contribution in [0.4, 0.5) is 23.4 Å². The highest BCUT2D eigenvalue weighted by atomic mass is 35.5. The lowest BCUT2D eigenvalue weighted by molar-refractivity contribution is -0.136. The summed E-state index contributed by atoms with van der Waals surface area (Å²) < 4.78 is 63.0. The van der Waals surface area contributed by atoms with Gasteiger partial charge in [-0.3, -0.25) is 4.79 Å². The summed E-state index contributed by atoms with van der Waals surface area (Å²) in [5.74, 6) is -0.968. The highest BCUT2D eigenvalue weighted by molar-refractivity contribution is 6.35. The Bertz CT molecular complexity index is 1270. The summed E-state index contributed by atoms with van der Waals surface area (Å²) >= 11 is 6.32. The van der Waals surface area contributed by atoms with Crippen LogP contribution in [0.2, 0.25) is 5.02 Å². The van der Waals surface area contributed by atoms with Crippen molar-refractivity contribution in [1.82, 2.24) is 14.9 Å². The molecule has 1 aliphatic rings. The molecule has 1 fully saturated rings. The number of alkyl halides is 3. The molecule has 34 heavy (non-hydrogen) atoms. The van der Waals surface area contributed by atoms with Crippen LogP contribution in [-0.4, -0.2) is 54.1 Å². The fourth-order valence-electron chi connectivity index (χ4n) is 4.07. The van der Waals surface area contributed by atoms with Gasteiger partial charge in [0.05, 0.1) is 34.2 Å². The van der Waals surface area contributed by atoms with E-state index in [1.165, 1.54) is 31.4 Å². The molecule has 178 valence electrons. The van der Waals surface area contributed by atoms with E-state index in [0.717, 1.165) is 12.4 Å². The van der Waals surface area contributed by atoms with Gasteiger partial charge >= 0.3 is 6.18 Å². The van der Waals surface area contributed by atoms with Crippen molar-refractivity contribution < 1.29 is 27.1 Å². The van der Waals surface area contributed by atoms with Crippen molar-refractivity contribution in [3.8, 4) is 16.9 Å². The lowest BCUT2D eigenvalue weighted by atomic mass is 9.97. The summed E-state index contributed by atoms with van der Waals surface area (Å²) in [6, 6.07) is 5.23. The first-order valence-electron chi connectivity index (χ1n) is 10.2. The number of fused-ring (bicyclic) bond motifs is 1. The number of carbonyl (C=O) groups excluding carboxylic acids is 1. The molecule has 0 radical (unpaired) electrons. The first-order valence-corrected chi connectivity index (χ1v) is 10.6. The van der Waals surface area contributed by atoms with E-state index < -0.39 is 22.6 Å². The standard InChI is InChI=1S/C23H19ClF4N4O2/c1-3-17(33)31-7-9-32(10-8-31)22-19-15(29-12-30-22)11-13(21(24)20(19)23(26,27)28)18-14(25)5-4-6-16(18)34-2/h3-6,11-12H,1,7-10H2,2H3. The van der Waals surface area contributed by atoms with Gasteiger partial charge in [-0.1, -0.05) is 24.2 Å². The second kappa shape index (κ2) is 9.09. The van der Waals surface area contributed by atoms with Gasteiger partial charge in [0.25, 0.3) is 0 Å². The second-order valence-electron chi connectivity index (χ2n) is 7.54. The molecule has 1 saturated heterocycles. The predicted octanol–water partition coefficient (Wildman–Crippen LogP) is 4.95. The number of ether oxygens (including phenoxy) is 1. The van der Waals surface area contributed by atoms with Crippen LogP contribution in [0.5, 0.6) is 5.75 Å². The maximum absolute atomic E-state index is 14.7. The Morgan fingerprint density at radius 3 is 2.53 bits per heavy atom. The predicted molar refractivity (Wildman–Crippen MR) is 120 cm³/mol. The molecule has 0 unspecified atom stereocenters. The second-order valence-corrected chi connectivity index (χ2v) is 7.91. The molecule has 11 heteroatoms. The number of anilines is 1. The van der Waals surface area contributed by atoms with Crippen molar-refractivity contribution in [3.05, 3.63) is 59.7 Å². The van der Waals surface area contributed by atoms with E-state index in [-0.39, 0.29) is 65.7 Å². The molecule has 0 aliphatic carbocycles.